The molecule has 0 saturated carbocycles. The average Bonchev–Trinajstić information content (AvgIpc) is 2.95. The first-order valence-electron chi connectivity index (χ1n) is 7.49. The maximum Gasteiger partial charge on any atom is 0.263 e. The summed E-state index contributed by atoms with van der Waals surface area (Å²) in [7, 11) is 0. The van der Waals surface area contributed by atoms with E-state index in [2.05, 4.69) is 10.3 Å². The van der Waals surface area contributed by atoms with Crippen molar-refractivity contribution in [2.75, 3.05) is 11.2 Å². The van der Waals surface area contributed by atoms with Crippen molar-refractivity contribution in [2.45, 2.75) is 13.1 Å². The number of rotatable bonds is 3. The number of hydrogen-bond donors (Lipinski definition) is 2. The van der Waals surface area contributed by atoms with E-state index in [4.69, 9.17) is 11.6 Å². The third-order valence-corrected chi connectivity index (χ3v) is 4.13. The van der Waals surface area contributed by atoms with Crippen LogP contribution < -0.4 is 16.4 Å². The van der Waals surface area contributed by atoms with Crippen LogP contribution in [0.3, 0.4) is 0 Å². The fourth-order valence-corrected chi connectivity index (χ4v) is 2.80. The Hall–Kier alpha value is -2.93. The number of nitrogens with one attached hydrogen (secondary N) is 2. The number of carbonyl (C=O) groups is 2. The number of amides is 2. The molecule has 25 heavy (non-hydrogen) atoms. The Bertz CT molecular complexity index is 970. The summed E-state index contributed by atoms with van der Waals surface area (Å²) in [6.45, 7) is 0.552. The van der Waals surface area contributed by atoms with Gasteiger partial charge in [0.2, 0.25) is 5.91 Å². The molecule has 0 fully saturated rings. The summed E-state index contributed by atoms with van der Waals surface area (Å²) in [6.07, 6.45) is 0. The van der Waals surface area contributed by atoms with Crippen LogP contribution in [0.15, 0.2) is 46.0 Å². The van der Waals surface area contributed by atoms with Gasteiger partial charge in [-0.15, -0.1) is 11.6 Å². The molecule has 0 unspecified atom stereocenters. The van der Waals surface area contributed by atoms with Gasteiger partial charge < -0.3 is 10.2 Å². The third-order valence-electron chi connectivity index (χ3n) is 3.89. The molecule has 2 N–H and O–H groups in total. The molecule has 2 amide bonds. The molecule has 8 heteroatoms. The zero-order chi connectivity index (χ0) is 18.0. The van der Waals surface area contributed by atoms with Gasteiger partial charge >= 0.3 is 0 Å². The summed E-state index contributed by atoms with van der Waals surface area (Å²) in [5.74, 6) is -0.989. The van der Waals surface area contributed by atoms with Gasteiger partial charge in [0.05, 0.1) is 0 Å². The lowest BCUT2D eigenvalue weighted by Gasteiger charge is -2.14. The van der Waals surface area contributed by atoms with E-state index in [9.17, 15) is 19.2 Å². The summed E-state index contributed by atoms with van der Waals surface area (Å²) in [5, 5.41) is 2.70. The van der Waals surface area contributed by atoms with Crippen molar-refractivity contribution in [1.82, 2.24) is 9.88 Å². The molecular weight excluding hydrogens is 346 g/mol. The number of carbonyl (C=O) groups excluding carboxylic acids is 2. The second-order valence-corrected chi connectivity index (χ2v) is 5.81. The Balaban J connectivity index is 1.90. The number of aromatic amines is 1. The van der Waals surface area contributed by atoms with Crippen LogP contribution in [0.4, 0.5) is 5.69 Å². The smallest absolute Gasteiger partial charge is 0.263 e. The van der Waals surface area contributed by atoms with Crippen molar-refractivity contribution in [2.24, 2.45) is 0 Å². The van der Waals surface area contributed by atoms with E-state index < -0.39 is 17.0 Å². The zero-order valence-electron chi connectivity index (χ0n) is 13.0. The fourth-order valence-electron chi connectivity index (χ4n) is 2.73. The average molecular weight is 360 g/mol. The highest BCUT2D eigenvalue weighted by molar-refractivity contribution is 6.29. The zero-order valence-corrected chi connectivity index (χ0v) is 13.8. The summed E-state index contributed by atoms with van der Waals surface area (Å²) >= 11 is 5.51. The molecule has 0 saturated heterocycles. The Morgan fingerprint density at radius 1 is 1.12 bits per heavy atom. The summed E-state index contributed by atoms with van der Waals surface area (Å²) in [4.78, 5) is 51.1. The summed E-state index contributed by atoms with van der Waals surface area (Å²) < 4.78 is 0. The predicted octanol–water partition coefficient (Wildman–Crippen LogP) is 1.07. The van der Waals surface area contributed by atoms with Crippen LogP contribution in [0.1, 0.15) is 21.5 Å². The lowest BCUT2D eigenvalue weighted by atomic mass is 10.1. The molecule has 1 aromatic heterocycles. The van der Waals surface area contributed by atoms with Crippen LogP contribution in [0.25, 0.3) is 0 Å². The third kappa shape index (κ3) is 3.46. The second-order valence-electron chi connectivity index (χ2n) is 5.54. The Morgan fingerprint density at radius 3 is 2.64 bits per heavy atom. The summed E-state index contributed by atoms with van der Waals surface area (Å²) in [6, 6.07) is 9.22. The molecular formula is C17H14ClN3O4. The van der Waals surface area contributed by atoms with Crippen LogP contribution in [0.2, 0.25) is 0 Å². The normalized spacial score (nSPS) is 12.6. The number of aromatic nitrogens is 1. The number of nitrogens with zero attached hydrogens (tertiary/aromatic N) is 1. The van der Waals surface area contributed by atoms with Crippen molar-refractivity contribution < 1.29 is 9.59 Å². The van der Waals surface area contributed by atoms with E-state index in [0.717, 1.165) is 11.1 Å². The summed E-state index contributed by atoms with van der Waals surface area (Å²) in [5.41, 5.74) is 0.859. The minimum absolute atomic E-state index is 0.110. The van der Waals surface area contributed by atoms with Gasteiger partial charge in [-0.3, -0.25) is 24.2 Å². The molecule has 0 bridgehead atoms. The standard InChI is InChI=1S/C17H14ClN3O4/c18-7-15(23)19-13-5-1-3-10-8-21(9-12(10)13)17(25)11-4-2-6-14(22)20-16(11)24/h1-6H,7-9H2,(H,19,23)(H,20,22,24). The molecule has 2 heterocycles. The first-order chi connectivity index (χ1) is 12.0. The molecule has 0 spiro atoms. The monoisotopic (exact) mass is 359 g/mol. The van der Waals surface area contributed by atoms with Crippen molar-refractivity contribution in [3.63, 3.8) is 0 Å². The van der Waals surface area contributed by atoms with Crippen LogP contribution in [0.5, 0.6) is 0 Å². The quantitative estimate of drug-likeness (QED) is 0.801. The second kappa shape index (κ2) is 6.90. The molecule has 128 valence electrons. The highest BCUT2D eigenvalue weighted by atomic mass is 35.5. The van der Waals surface area contributed by atoms with E-state index >= 15 is 0 Å². The van der Waals surface area contributed by atoms with Crippen molar-refractivity contribution in [3.05, 3.63) is 73.8 Å². The first kappa shape index (κ1) is 16.9. The van der Waals surface area contributed by atoms with E-state index in [0.29, 0.717) is 12.2 Å². The van der Waals surface area contributed by atoms with E-state index in [-0.39, 0.29) is 23.9 Å². The van der Waals surface area contributed by atoms with Crippen molar-refractivity contribution in [1.29, 1.82) is 0 Å². The predicted molar refractivity (Wildman–Crippen MR) is 92.7 cm³/mol. The van der Waals surface area contributed by atoms with E-state index in [1.54, 1.807) is 12.1 Å². The Kier molecular flexibility index (Phi) is 4.67. The maximum absolute atomic E-state index is 12.7. The maximum atomic E-state index is 12.7. The Labute approximate surface area is 147 Å². The molecule has 2 aromatic rings. The van der Waals surface area contributed by atoms with Crippen LogP contribution >= 0.6 is 11.6 Å². The molecule has 7 nitrogen and oxygen atoms in total. The highest BCUT2D eigenvalue weighted by Gasteiger charge is 2.27. The molecule has 0 atom stereocenters. The van der Waals surface area contributed by atoms with Crippen LogP contribution in [-0.2, 0) is 17.9 Å². The molecule has 3 rings (SSSR count). The fraction of sp³-hybridized carbons (Fsp3) is 0.176. The van der Waals surface area contributed by atoms with Crippen molar-refractivity contribution >= 4 is 29.1 Å². The number of alkyl halides is 1. The molecule has 1 aromatic carbocycles. The lowest BCUT2D eigenvalue weighted by molar-refractivity contribution is -0.113. The Morgan fingerprint density at radius 2 is 1.88 bits per heavy atom. The van der Waals surface area contributed by atoms with Crippen molar-refractivity contribution in [3.8, 4) is 0 Å². The SMILES string of the molecule is O=C(CCl)Nc1cccc2c1CN(C(=O)c1cccc(=O)[nH]c1=O)C2. The number of hydrogen-bond acceptors (Lipinski definition) is 4. The van der Waals surface area contributed by atoms with Gasteiger partial charge in [-0.25, -0.2) is 0 Å². The lowest BCUT2D eigenvalue weighted by Crippen LogP contribution is -2.31. The largest absolute Gasteiger partial charge is 0.330 e. The minimum atomic E-state index is -0.730. The number of anilines is 1. The topological polar surface area (TPSA) is 99.3 Å². The van der Waals surface area contributed by atoms with Crippen LogP contribution in [-0.4, -0.2) is 27.6 Å². The number of fused-ring (bicyclic) bond motifs is 1. The molecule has 1 aliphatic heterocycles. The van der Waals surface area contributed by atoms with Gasteiger partial charge in [0.15, 0.2) is 0 Å². The highest BCUT2D eigenvalue weighted by Crippen LogP contribution is 2.30. The molecule has 1 aliphatic rings. The van der Waals surface area contributed by atoms with Gasteiger partial charge in [0.1, 0.15) is 11.4 Å². The minimum Gasteiger partial charge on any atom is -0.330 e. The van der Waals surface area contributed by atoms with Gasteiger partial charge in [0, 0.05) is 30.4 Å². The molecule has 0 radical (unpaired) electrons. The van der Waals surface area contributed by atoms with Gasteiger partial charge in [-0.1, -0.05) is 18.2 Å². The van der Waals surface area contributed by atoms with Gasteiger partial charge in [-0.05, 0) is 17.7 Å². The van der Waals surface area contributed by atoms with Crippen LogP contribution in [0, 0.1) is 0 Å². The number of H-pyrrole nitrogens is 1. The number of benzene rings is 1. The van der Waals surface area contributed by atoms with E-state index in [1.807, 2.05) is 6.07 Å². The number of halogens is 1. The molecule has 0 aliphatic carbocycles. The first-order valence-corrected chi connectivity index (χ1v) is 8.02. The van der Waals surface area contributed by atoms with Gasteiger partial charge in [-0.2, -0.15) is 0 Å². The van der Waals surface area contributed by atoms with Gasteiger partial charge in [0.25, 0.3) is 17.0 Å². The van der Waals surface area contributed by atoms with E-state index in [1.165, 1.54) is 23.1 Å².